The minimum atomic E-state index is -4.80. The molecule has 12 heteroatoms. The van der Waals surface area contributed by atoms with Gasteiger partial charge in [0.1, 0.15) is 12.7 Å². The molecule has 80 heavy (non-hydrogen) atoms. The van der Waals surface area contributed by atoms with Crippen molar-refractivity contribution in [1.82, 2.24) is 0 Å². The van der Waals surface area contributed by atoms with E-state index in [9.17, 15) is 28.9 Å². The van der Waals surface area contributed by atoms with Crippen LogP contribution in [0.3, 0.4) is 0 Å². The minimum absolute atomic E-state index is 0.0220. The Morgan fingerprint density at radius 1 is 0.362 bits per heavy atom. The molecule has 452 valence electrons. The quantitative estimate of drug-likeness (QED) is 0.0197. The van der Waals surface area contributed by atoms with Crippen LogP contribution in [0.25, 0.3) is 0 Å². The highest BCUT2D eigenvalue weighted by Gasteiger charge is 2.28. The number of phosphoric acid groups is 1. The number of ether oxygens (including phenoxy) is 3. The molecule has 0 aliphatic heterocycles. The predicted molar refractivity (Wildman–Crippen MR) is 334 cm³/mol. The van der Waals surface area contributed by atoms with E-state index in [1.54, 1.807) is 0 Å². The number of rotatable bonds is 55. The number of carbonyl (C=O) groups excluding carboxylic acids is 3. The highest BCUT2D eigenvalue weighted by atomic mass is 31.2. The molecule has 0 radical (unpaired) electrons. The summed E-state index contributed by atoms with van der Waals surface area (Å²) in [4.78, 5) is 48.6. The number of aliphatic hydroxyl groups is 1. The molecule has 0 saturated carbocycles. The standard InChI is InChI=1S/C68H109O11P/c1-4-7-10-13-16-19-22-25-28-31-32-35-38-41-44-47-50-53-56-59-68(72)79-65(61-75-66(70)57-54-51-48-45-42-39-36-33-29-26-23-20-17-14-11-8-5-2)63-77-80(73,74)76-62-64(60-69)78-67(71)58-55-52-49-46-43-40-37-34-30-27-24-21-18-15-12-9-6-3/h7-8,10-11,16-17,19-20,25-30,32,35-36,39,41,44-45,48,50,53,64-65,69H,4-6,9,12-15,18,21-24,31,33-34,37-38,40,42-43,46-47,49,51-52,54-63H2,1-3H3,(H,73,74)/b10-7-,11-8-,19-16-,20-17-,28-25-,29-26-,30-27-,35-32-,39-36-,44-41-,48-45-,53-50-. The van der Waals surface area contributed by atoms with Crippen LogP contribution in [-0.2, 0) is 42.2 Å². The molecule has 3 atom stereocenters. The van der Waals surface area contributed by atoms with Crippen molar-refractivity contribution in [3.05, 3.63) is 146 Å². The zero-order valence-electron chi connectivity index (χ0n) is 50.0. The number of hydrogen-bond acceptors (Lipinski definition) is 10. The van der Waals surface area contributed by atoms with Gasteiger partial charge in [0.25, 0.3) is 0 Å². The molecule has 0 aliphatic rings. The fourth-order valence-electron chi connectivity index (χ4n) is 7.65. The van der Waals surface area contributed by atoms with Gasteiger partial charge in [0, 0.05) is 19.3 Å². The van der Waals surface area contributed by atoms with Gasteiger partial charge in [-0.1, -0.05) is 231 Å². The van der Waals surface area contributed by atoms with Crippen molar-refractivity contribution in [2.45, 2.75) is 238 Å². The van der Waals surface area contributed by atoms with Gasteiger partial charge in [-0.05, 0) is 122 Å². The number of carbonyl (C=O) groups is 3. The second-order valence-electron chi connectivity index (χ2n) is 19.7. The number of allylic oxidation sites excluding steroid dienone is 24. The maximum atomic E-state index is 12.9. The molecule has 0 bridgehead atoms. The summed E-state index contributed by atoms with van der Waals surface area (Å²) in [6, 6.07) is 0. The van der Waals surface area contributed by atoms with Gasteiger partial charge in [-0.15, -0.1) is 0 Å². The van der Waals surface area contributed by atoms with E-state index in [1.807, 2.05) is 18.2 Å². The Hall–Kier alpha value is -4.64. The zero-order chi connectivity index (χ0) is 58.3. The van der Waals surface area contributed by atoms with Crippen molar-refractivity contribution < 1.29 is 52.2 Å². The van der Waals surface area contributed by atoms with E-state index in [2.05, 4.69) is 148 Å². The summed E-state index contributed by atoms with van der Waals surface area (Å²) in [5.41, 5.74) is 0. The molecular weight excluding hydrogens is 1020 g/mol. The molecule has 0 aromatic carbocycles. The van der Waals surface area contributed by atoms with E-state index >= 15 is 0 Å². The van der Waals surface area contributed by atoms with E-state index in [-0.39, 0.29) is 19.3 Å². The maximum absolute atomic E-state index is 12.9. The summed E-state index contributed by atoms with van der Waals surface area (Å²) in [6.45, 7) is 4.25. The van der Waals surface area contributed by atoms with Crippen molar-refractivity contribution >= 4 is 25.7 Å². The molecule has 0 heterocycles. The van der Waals surface area contributed by atoms with Crippen molar-refractivity contribution in [2.24, 2.45) is 0 Å². The molecule has 2 N–H and O–H groups in total. The van der Waals surface area contributed by atoms with E-state index in [1.165, 1.54) is 57.8 Å². The molecule has 0 saturated heterocycles. The Morgan fingerprint density at radius 3 is 1.12 bits per heavy atom. The van der Waals surface area contributed by atoms with E-state index < -0.39 is 64.4 Å². The minimum Gasteiger partial charge on any atom is -0.462 e. The lowest BCUT2D eigenvalue weighted by molar-refractivity contribution is -0.161. The summed E-state index contributed by atoms with van der Waals surface area (Å²) in [5.74, 6) is -1.66. The number of unbranched alkanes of at least 4 members (excludes halogenated alkanes) is 14. The highest BCUT2D eigenvalue weighted by molar-refractivity contribution is 7.47. The summed E-state index contributed by atoms with van der Waals surface area (Å²) < 4.78 is 39.5. The lowest BCUT2D eigenvalue weighted by Crippen LogP contribution is -2.30. The number of esters is 3. The van der Waals surface area contributed by atoms with Crippen LogP contribution in [0, 0.1) is 0 Å². The second kappa shape index (κ2) is 60.5. The summed E-state index contributed by atoms with van der Waals surface area (Å²) in [7, 11) is -4.80. The third kappa shape index (κ3) is 58.0. The van der Waals surface area contributed by atoms with Crippen molar-refractivity contribution in [3.8, 4) is 0 Å². The molecule has 11 nitrogen and oxygen atoms in total. The smallest absolute Gasteiger partial charge is 0.462 e. The normalized spacial score (nSPS) is 14.3. The SMILES string of the molecule is CC/C=C\C/C=C\C/C=C\C/C=C\C/C=C\C/C=C\CCC(=O)OC(COC(=O)CCC/C=C\C/C=C\C/C=C\C/C=C\C/C=C\CC)COP(=O)(O)OCC(CO)OC(=O)CCCCCCCCC/C=C\CCCCCCCC. The average molecular weight is 1130 g/mol. The third-order valence-corrected chi connectivity index (χ3v) is 13.2. The lowest BCUT2D eigenvalue weighted by atomic mass is 10.1. The molecule has 0 fully saturated rings. The molecule has 0 amide bonds. The maximum Gasteiger partial charge on any atom is 0.472 e. The molecule has 0 rings (SSSR count). The van der Waals surface area contributed by atoms with Crippen LogP contribution in [0.4, 0.5) is 0 Å². The number of hydrogen-bond donors (Lipinski definition) is 2. The van der Waals surface area contributed by atoms with E-state index in [0.29, 0.717) is 32.1 Å². The first kappa shape index (κ1) is 75.4. The summed E-state index contributed by atoms with van der Waals surface area (Å²) in [6.07, 6.45) is 78.2. The third-order valence-electron chi connectivity index (χ3n) is 12.2. The number of phosphoric ester groups is 1. The van der Waals surface area contributed by atoms with Crippen molar-refractivity contribution in [1.29, 1.82) is 0 Å². The fraction of sp³-hybridized carbons (Fsp3) is 0.603. The number of aliphatic hydroxyl groups excluding tert-OH is 1. The van der Waals surface area contributed by atoms with E-state index in [4.69, 9.17) is 23.3 Å². The summed E-state index contributed by atoms with van der Waals surface area (Å²) in [5, 5.41) is 9.84. The molecule has 0 aromatic rings. The fourth-order valence-corrected chi connectivity index (χ4v) is 8.43. The van der Waals surface area contributed by atoms with Crippen molar-refractivity contribution in [3.63, 3.8) is 0 Å². The van der Waals surface area contributed by atoms with Gasteiger partial charge in [-0.25, -0.2) is 4.57 Å². The van der Waals surface area contributed by atoms with E-state index in [0.717, 1.165) is 96.3 Å². The van der Waals surface area contributed by atoms with Crippen molar-refractivity contribution in [2.75, 3.05) is 26.4 Å². The van der Waals surface area contributed by atoms with Crippen LogP contribution < -0.4 is 0 Å². The first-order valence-corrected chi connectivity index (χ1v) is 32.2. The topological polar surface area (TPSA) is 155 Å². The predicted octanol–water partition coefficient (Wildman–Crippen LogP) is 18.7. The van der Waals surface area contributed by atoms with Gasteiger partial charge in [0.15, 0.2) is 6.10 Å². The Morgan fingerprint density at radius 2 is 0.688 bits per heavy atom. The van der Waals surface area contributed by atoms with Gasteiger partial charge in [0.2, 0.25) is 0 Å². The highest BCUT2D eigenvalue weighted by Crippen LogP contribution is 2.43. The monoisotopic (exact) mass is 1130 g/mol. The summed E-state index contributed by atoms with van der Waals surface area (Å²) >= 11 is 0. The Balaban J connectivity index is 4.91. The lowest BCUT2D eigenvalue weighted by Gasteiger charge is -2.21. The molecule has 0 aromatic heterocycles. The van der Waals surface area contributed by atoms with Gasteiger partial charge < -0.3 is 24.2 Å². The van der Waals surface area contributed by atoms with Crippen LogP contribution in [0.5, 0.6) is 0 Å². The average Bonchev–Trinajstić information content (AvgIpc) is 3.45. The molecule has 0 aliphatic carbocycles. The van der Waals surface area contributed by atoms with Gasteiger partial charge in [-0.3, -0.25) is 23.4 Å². The van der Waals surface area contributed by atoms with Crippen LogP contribution >= 0.6 is 7.82 Å². The molecule has 0 spiro atoms. The van der Waals surface area contributed by atoms with Gasteiger partial charge >= 0.3 is 25.7 Å². The van der Waals surface area contributed by atoms with Gasteiger partial charge in [0.05, 0.1) is 19.8 Å². The largest absolute Gasteiger partial charge is 0.472 e. The molecular formula is C68H109O11P. The van der Waals surface area contributed by atoms with Crippen LogP contribution in [0.2, 0.25) is 0 Å². The van der Waals surface area contributed by atoms with Crippen LogP contribution in [-0.4, -0.2) is 66.5 Å². The van der Waals surface area contributed by atoms with Crippen LogP contribution in [0.15, 0.2) is 146 Å². The first-order valence-electron chi connectivity index (χ1n) is 30.7. The second-order valence-corrected chi connectivity index (χ2v) is 21.2. The Bertz CT molecular complexity index is 1900. The zero-order valence-corrected chi connectivity index (χ0v) is 50.9. The van der Waals surface area contributed by atoms with Crippen LogP contribution in [0.1, 0.15) is 226 Å². The Labute approximate surface area is 486 Å². The Kier molecular flexibility index (Phi) is 56.9. The first-order chi connectivity index (χ1) is 39.2. The molecule has 3 unspecified atom stereocenters. The van der Waals surface area contributed by atoms with Gasteiger partial charge in [-0.2, -0.15) is 0 Å².